The molecule has 1 atom stereocenters. The van der Waals surface area contributed by atoms with E-state index in [9.17, 15) is 4.79 Å². The molecule has 5 heteroatoms. The summed E-state index contributed by atoms with van der Waals surface area (Å²) in [5.41, 5.74) is 6.13. The molecule has 1 amide bonds. The van der Waals surface area contributed by atoms with E-state index in [1.165, 1.54) is 6.20 Å². The minimum Gasteiger partial charge on any atom is -0.397 e. The fourth-order valence-corrected chi connectivity index (χ4v) is 1.14. The third-order valence-electron chi connectivity index (χ3n) is 2.10. The fraction of sp³-hybridized carbons (Fsp3) is 0.400. The van der Waals surface area contributed by atoms with Crippen LogP contribution in [0.3, 0.4) is 0 Å². The number of aliphatic hydroxyl groups is 1. The fourth-order valence-electron chi connectivity index (χ4n) is 1.14. The van der Waals surface area contributed by atoms with Crippen molar-refractivity contribution in [2.45, 2.75) is 19.4 Å². The first-order chi connectivity index (χ1) is 7.19. The van der Waals surface area contributed by atoms with Crippen molar-refractivity contribution in [1.29, 1.82) is 0 Å². The van der Waals surface area contributed by atoms with Gasteiger partial charge in [0.05, 0.1) is 18.3 Å². The molecule has 0 aliphatic carbocycles. The summed E-state index contributed by atoms with van der Waals surface area (Å²) in [6.07, 6.45) is 2.17. The van der Waals surface area contributed by atoms with E-state index in [0.29, 0.717) is 12.1 Å². The van der Waals surface area contributed by atoms with E-state index in [1.807, 2.05) is 6.92 Å². The van der Waals surface area contributed by atoms with E-state index < -0.39 is 0 Å². The zero-order chi connectivity index (χ0) is 11.3. The van der Waals surface area contributed by atoms with E-state index in [1.54, 1.807) is 12.1 Å². The lowest BCUT2D eigenvalue weighted by molar-refractivity contribution is 0.0911. The maximum absolute atomic E-state index is 11.6. The van der Waals surface area contributed by atoms with Gasteiger partial charge in [0.25, 0.3) is 5.91 Å². The van der Waals surface area contributed by atoms with Crippen molar-refractivity contribution in [2.75, 3.05) is 12.3 Å². The maximum atomic E-state index is 11.6. The van der Waals surface area contributed by atoms with Crippen LogP contribution in [-0.4, -0.2) is 28.6 Å². The molecule has 1 rings (SSSR count). The number of pyridine rings is 1. The molecule has 0 spiro atoms. The summed E-state index contributed by atoms with van der Waals surface area (Å²) < 4.78 is 0. The first-order valence-corrected chi connectivity index (χ1v) is 4.81. The third-order valence-corrected chi connectivity index (χ3v) is 2.10. The van der Waals surface area contributed by atoms with Gasteiger partial charge in [-0.05, 0) is 18.6 Å². The van der Waals surface area contributed by atoms with Crippen LogP contribution in [0.15, 0.2) is 18.3 Å². The molecule has 5 nitrogen and oxygen atoms in total. The normalized spacial score (nSPS) is 12.1. The highest BCUT2D eigenvalue weighted by atomic mass is 16.3. The first kappa shape index (κ1) is 11.5. The predicted octanol–water partition coefficient (Wildman–Crippen LogP) is 0.164. The minimum atomic E-state index is -0.353. The van der Waals surface area contributed by atoms with Crippen LogP contribution in [0.25, 0.3) is 0 Å². The molecule has 0 bridgehead atoms. The van der Waals surface area contributed by atoms with E-state index >= 15 is 0 Å². The van der Waals surface area contributed by atoms with Crippen molar-refractivity contribution in [3.8, 4) is 0 Å². The lowest BCUT2D eigenvalue weighted by Gasteiger charge is -2.13. The predicted molar refractivity (Wildman–Crippen MR) is 57.3 cm³/mol. The molecule has 0 aliphatic heterocycles. The van der Waals surface area contributed by atoms with E-state index in [-0.39, 0.29) is 24.2 Å². The van der Waals surface area contributed by atoms with Gasteiger partial charge in [0.2, 0.25) is 0 Å². The van der Waals surface area contributed by atoms with Crippen LogP contribution in [0.5, 0.6) is 0 Å². The SMILES string of the molecule is CC[C@H](CO)NC(=O)c1ncccc1N. The highest BCUT2D eigenvalue weighted by Gasteiger charge is 2.14. The van der Waals surface area contributed by atoms with Gasteiger partial charge in [-0.25, -0.2) is 4.98 Å². The number of aromatic nitrogens is 1. The van der Waals surface area contributed by atoms with Crippen molar-refractivity contribution in [2.24, 2.45) is 0 Å². The Balaban J connectivity index is 2.73. The number of hydrogen-bond donors (Lipinski definition) is 3. The monoisotopic (exact) mass is 209 g/mol. The van der Waals surface area contributed by atoms with Gasteiger partial charge in [-0.2, -0.15) is 0 Å². The molecule has 1 heterocycles. The molecular formula is C10H15N3O2. The number of rotatable bonds is 4. The van der Waals surface area contributed by atoms with Crippen LogP contribution in [-0.2, 0) is 0 Å². The summed E-state index contributed by atoms with van der Waals surface area (Å²) in [5, 5.41) is 11.6. The quantitative estimate of drug-likeness (QED) is 0.659. The van der Waals surface area contributed by atoms with E-state index in [4.69, 9.17) is 10.8 Å². The van der Waals surface area contributed by atoms with Crippen molar-refractivity contribution in [3.63, 3.8) is 0 Å². The number of amides is 1. The smallest absolute Gasteiger partial charge is 0.272 e. The first-order valence-electron chi connectivity index (χ1n) is 4.81. The highest BCUT2D eigenvalue weighted by molar-refractivity contribution is 5.97. The molecule has 0 saturated heterocycles. The van der Waals surface area contributed by atoms with E-state index in [2.05, 4.69) is 10.3 Å². The Morgan fingerprint density at radius 3 is 3.00 bits per heavy atom. The largest absolute Gasteiger partial charge is 0.397 e. The van der Waals surface area contributed by atoms with Crippen molar-refractivity contribution in [1.82, 2.24) is 10.3 Å². The zero-order valence-corrected chi connectivity index (χ0v) is 8.60. The number of hydrogen-bond acceptors (Lipinski definition) is 4. The molecule has 0 unspecified atom stereocenters. The zero-order valence-electron chi connectivity index (χ0n) is 8.60. The van der Waals surface area contributed by atoms with Gasteiger partial charge < -0.3 is 16.2 Å². The average molecular weight is 209 g/mol. The number of aliphatic hydroxyl groups excluding tert-OH is 1. The number of carbonyl (C=O) groups is 1. The summed E-state index contributed by atoms with van der Waals surface area (Å²) >= 11 is 0. The van der Waals surface area contributed by atoms with Gasteiger partial charge in [0.1, 0.15) is 0 Å². The highest BCUT2D eigenvalue weighted by Crippen LogP contribution is 2.06. The Labute approximate surface area is 88.3 Å². The van der Waals surface area contributed by atoms with Gasteiger partial charge in [0.15, 0.2) is 5.69 Å². The van der Waals surface area contributed by atoms with Crippen LogP contribution in [0.1, 0.15) is 23.8 Å². The standard InChI is InChI=1S/C10H15N3O2/c1-2-7(6-14)13-10(15)9-8(11)4-3-5-12-9/h3-5,7,14H,2,6,11H2,1H3,(H,13,15)/t7-/m1/s1. The summed E-state index contributed by atoms with van der Waals surface area (Å²) in [7, 11) is 0. The Kier molecular flexibility index (Phi) is 4.05. The van der Waals surface area contributed by atoms with Crippen LogP contribution in [0, 0.1) is 0 Å². The average Bonchev–Trinajstić information content (AvgIpc) is 2.26. The molecule has 15 heavy (non-hydrogen) atoms. The second-order valence-electron chi connectivity index (χ2n) is 3.20. The third kappa shape index (κ3) is 2.92. The molecule has 1 aromatic heterocycles. The number of nitrogens with two attached hydrogens (primary N) is 1. The Morgan fingerprint density at radius 1 is 1.73 bits per heavy atom. The van der Waals surface area contributed by atoms with Gasteiger partial charge in [-0.3, -0.25) is 4.79 Å². The van der Waals surface area contributed by atoms with Gasteiger partial charge in [0, 0.05) is 6.20 Å². The number of nitrogens with zero attached hydrogens (tertiary/aromatic N) is 1. The number of anilines is 1. The molecule has 0 aromatic carbocycles. The second-order valence-corrected chi connectivity index (χ2v) is 3.20. The lowest BCUT2D eigenvalue weighted by atomic mass is 10.2. The van der Waals surface area contributed by atoms with Crippen LogP contribution in [0.4, 0.5) is 5.69 Å². The molecule has 4 N–H and O–H groups in total. The Morgan fingerprint density at radius 2 is 2.47 bits per heavy atom. The van der Waals surface area contributed by atoms with Crippen LogP contribution in [0.2, 0.25) is 0 Å². The number of carbonyl (C=O) groups excluding carboxylic acids is 1. The number of nitrogen functional groups attached to an aromatic ring is 1. The van der Waals surface area contributed by atoms with Gasteiger partial charge in [-0.15, -0.1) is 0 Å². The van der Waals surface area contributed by atoms with Crippen LogP contribution >= 0.6 is 0 Å². The Hall–Kier alpha value is -1.62. The number of nitrogens with one attached hydrogen (secondary N) is 1. The van der Waals surface area contributed by atoms with E-state index in [0.717, 1.165) is 0 Å². The van der Waals surface area contributed by atoms with Gasteiger partial charge >= 0.3 is 0 Å². The van der Waals surface area contributed by atoms with Crippen LogP contribution < -0.4 is 11.1 Å². The summed E-state index contributed by atoms with van der Waals surface area (Å²) in [4.78, 5) is 15.5. The summed E-state index contributed by atoms with van der Waals surface area (Å²) in [6.45, 7) is 1.79. The lowest BCUT2D eigenvalue weighted by Crippen LogP contribution is -2.37. The molecule has 0 fully saturated rings. The molecular weight excluding hydrogens is 194 g/mol. The van der Waals surface area contributed by atoms with Crippen molar-refractivity contribution >= 4 is 11.6 Å². The minimum absolute atomic E-state index is 0.0883. The van der Waals surface area contributed by atoms with Gasteiger partial charge in [-0.1, -0.05) is 6.92 Å². The summed E-state index contributed by atoms with van der Waals surface area (Å²) in [6, 6.07) is 3.02. The second kappa shape index (κ2) is 5.31. The molecule has 82 valence electrons. The molecule has 0 aliphatic rings. The van der Waals surface area contributed by atoms with Crippen molar-refractivity contribution < 1.29 is 9.90 Å². The molecule has 1 aromatic rings. The Bertz CT molecular complexity index is 337. The molecule has 0 radical (unpaired) electrons. The summed E-state index contributed by atoms with van der Waals surface area (Å²) in [5.74, 6) is -0.353. The molecule has 0 saturated carbocycles. The van der Waals surface area contributed by atoms with Crippen molar-refractivity contribution in [3.05, 3.63) is 24.0 Å². The topological polar surface area (TPSA) is 88.2 Å². The maximum Gasteiger partial charge on any atom is 0.272 e.